The summed E-state index contributed by atoms with van der Waals surface area (Å²) in [4.78, 5) is 2.43. The quantitative estimate of drug-likeness (QED) is 0.922. The highest BCUT2D eigenvalue weighted by molar-refractivity contribution is 5.74. The molecule has 0 aliphatic carbocycles. The Kier molecular flexibility index (Phi) is 4.34. The van der Waals surface area contributed by atoms with E-state index < -0.39 is 0 Å². The van der Waals surface area contributed by atoms with Crippen LogP contribution < -0.4 is 9.47 Å². The van der Waals surface area contributed by atoms with Crippen LogP contribution in [0.2, 0.25) is 0 Å². The van der Waals surface area contributed by atoms with E-state index in [1.807, 2.05) is 19.1 Å². The Balaban J connectivity index is 2.07. The zero-order valence-electron chi connectivity index (χ0n) is 13.5. The van der Waals surface area contributed by atoms with E-state index in [-0.39, 0.29) is 0 Å². The SMILES string of the molecule is CCOc1c(OC)cccc1-c1n[nH]c2c1CN(CC)CC2. The van der Waals surface area contributed by atoms with Crippen LogP contribution in [0.25, 0.3) is 11.3 Å². The number of para-hydroxylation sites is 1. The second-order valence-electron chi connectivity index (χ2n) is 5.42. The molecule has 3 rings (SSSR count). The summed E-state index contributed by atoms with van der Waals surface area (Å²) in [6.07, 6.45) is 1.02. The van der Waals surface area contributed by atoms with Crippen molar-refractivity contribution in [3.05, 3.63) is 29.5 Å². The van der Waals surface area contributed by atoms with Crippen molar-refractivity contribution in [2.24, 2.45) is 0 Å². The Morgan fingerprint density at radius 3 is 2.91 bits per heavy atom. The van der Waals surface area contributed by atoms with Crippen molar-refractivity contribution in [1.29, 1.82) is 0 Å². The zero-order chi connectivity index (χ0) is 15.5. The third kappa shape index (κ3) is 2.57. The minimum absolute atomic E-state index is 0.598. The Labute approximate surface area is 131 Å². The molecule has 1 aliphatic heterocycles. The van der Waals surface area contributed by atoms with Gasteiger partial charge in [0.1, 0.15) is 5.69 Å². The predicted octanol–water partition coefficient (Wildman–Crippen LogP) is 2.86. The standard InChI is InChI=1S/C17H23N3O2/c1-4-20-10-9-14-13(11-20)16(19-18-14)12-7-6-8-15(21-3)17(12)22-5-2/h6-8H,4-5,9-11H2,1-3H3,(H,18,19). The molecule has 2 aromatic rings. The van der Waals surface area contributed by atoms with Crippen LogP contribution in [0.1, 0.15) is 25.1 Å². The number of nitrogens with zero attached hydrogens (tertiary/aromatic N) is 2. The van der Waals surface area contributed by atoms with Gasteiger partial charge in [-0.2, -0.15) is 5.10 Å². The van der Waals surface area contributed by atoms with Gasteiger partial charge in [0.25, 0.3) is 0 Å². The molecule has 5 nitrogen and oxygen atoms in total. The van der Waals surface area contributed by atoms with Crippen LogP contribution in [-0.4, -0.2) is 41.9 Å². The molecule has 0 atom stereocenters. The maximum Gasteiger partial charge on any atom is 0.170 e. The fourth-order valence-electron chi connectivity index (χ4n) is 3.00. The van der Waals surface area contributed by atoms with Crippen molar-refractivity contribution in [2.75, 3.05) is 26.8 Å². The summed E-state index contributed by atoms with van der Waals surface area (Å²) in [5.41, 5.74) is 4.50. The fraction of sp³-hybridized carbons (Fsp3) is 0.471. The first-order valence-corrected chi connectivity index (χ1v) is 7.87. The van der Waals surface area contributed by atoms with Crippen LogP contribution in [0.3, 0.4) is 0 Å². The first-order valence-electron chi connectivity index (χ1n) is 7.87. The molecule has 118 valence electrons. The molecule has 0 amide bonds. The molecule has 1 N–H and O–H groups in total. The third-order valence-electron chi connectivity index (χ3n) is 4.20. The van der Waals surface area contributed by atoms with Crippen LogP contribution >= 0.6 is 0 Å². The van der Waals surface area contributed by atoms with Gasteiger partial charge in [0.15, 0.2) is 11.5 Å². The molecular weight excluding hydrogens is 278 g/mol. The number of fused-ring (bicyclic) bond motifs is 1. The summed E-state index contributed by atoms with van der Waals surface area (Å²) in [5, 5.41) is 7.77. The van der Waals surface area contributed by atoms with Gasteiger partial charge in [-0.1, -0.05) is 13.0 Å². The van der Waals surface area contributed by atoms with Gasteiger partial charge in [-0.25, -0.2) is 0 Å². The molecule has 0 unspecified atom stereocenters. The Bertz CT molecular complexity index is 651. The number of ether oxygens (including phenoxy) is 2. The van der Waals surface area contributed by atoms with E-state index in [9.17, 15) is 0 Å². The second kappa shape index (κ2) is 6.40. The minimum atomic E-state index is 0.598. The highest BCUT2D eigenvalue weighted by Crippen LogP contribution is 2.40. The van der Waals surface area contributed by atoms with Crippen molar-refractivity contribution in [3.8, 4) is 22.8 Å². The van der Waals surface area contributed by atoms with E-state index in [4.69, 9.17) is 9.47 Å². The highest BCUT2D eigenvalue weighted by atomic mass is 16.5. The Morgan fingerprint density at radius 1 is 1.32 bits per heavy atom. The Hall–Kier alpha value is -2.01. The van der Waals surface area contributed by atoms with Gasteiger partial charge < -0.3 is 9.47 Å². The number of aromatic amines is 1. The van der Waals surface area contributed by atoms with E-state index >= 15 is 0 Å². The second-order valence-corrected chi connectivity index (χ2v) is 5.42. The first-order chi connectivity index (χ1) is 10.8. The van der Waals surface area contributed by atoms with E-state index in [0.717, 1.165) is 48.8 Å². The molecule has 22 heavy (non-hydrogen) atoms. The summed E-state index contributed by atoms with van der Waals surface area (Å²) in [7, 11) is 1.67. The topological polar surface area (TPSA) is 50.4 Å². The predicted molar refractivity (Wildman–Crippen MR) is 86.4 cm³/mol. The average Bonchev–Trinajstić information content (AvgIpc) is 2.98. The molecule has 5 heteroatoms. The van der Waals surface area contributed by atoms with Crippen molar-refractivity contribution < 1.29 is 9.47 Å². The van der Waals surface area contributed by atoms with E-state index in [0.29, 0.717) is 6.61 Å². The molecule has 0 radical (unpaired) electrons. The molecule has 0 saturated carbocycles. The van der Waals surface area contributed by atoms with Gasteiger partial charge in [-0.3, -0.25) is 10.00 Å². The summed E-state index contributed by atoms with van der Waals surface area (Å²) in [5.74, 6) is 1.52. The van der Waals surface area contributed by atoms with Crippen molar-refractivity contribution in [1.82, 2.24) is 15.1 Å². The van der Waals surface area contributed by atoms with Crippen LogP contribution in [0.4, 0.5) is 0 Å². The number of likely N-dealkylation sites (N-methyl/N-ethyl adjacent to an activating group) is 1. The smallest absolute Gasteiger partial charge is 0.170 e. The summed E-state index contributed by atoms with van der Waals surface area (Å²) < 4.78 is 11.3. The third-order valence-corrected chi connectivity index (χ3v) is 4.20. The molecule has 0 fully saturated rings. The van der Waals surface area contributed by atoms with Crippen molar-refractivity contribution in [3.63, 3.8) is 0 Å². The molecule has 0 spiro atoms. The number of benzene rings is 1. The fourth-order valence-corrected chi connectivity index (χ4v) is 3.00. The van der Waals surface area contributed by atoms with Crippen molar-refractivity contribution >= 4 is 0 Å². The number of rotatable bonds is 5. The Morgan fingerprint density at radius 2 is 2.18 bits per heavy atom. The molecular formula is C17H23N3O2. The molecule has 1 aromatic heterocycles. The van der Waals surface area contributed by atoms with Gasteiger partial charge in [0, 0.05) is 36.3 Å². The van der Waals surface area contributed by atoms with Gasteiger partial charge in [0.2, 0.25) is 0 Å². The normalized spacial score (nSPS) is 14.7. The lowest BCUT2D eigenvalue weighted by Crippen LogP contribution is -2.30. The summed E-state index contributed by atoms with van der Waals surface area (Å²) in [6, 6.07) is 5.96. The van der Waals surface area contributed by atoms with Crippen LogP contribution in [0, 0.1) is 0 Å². The van der Waals surface area contributed by atoms with E-state index in [2.05, 4.69) is 28.1 Å². The van der Waals surface area contributed by atoms with Gasteiger partial charge in [-0.15, -0.1) is 0 Å². The van der Waals surface area contributed by atoms with E-state index in [1.165, 1.54) is 11.3 Å². The maximum absolute atomic E-state index is 5.83. The minimum Gasteiger partial charge on any atom is -0.493 e. The lowest BCUT2D eigenvalue weighted by Gasteiger charge is -2.25. The number of aromatic nitrogens is 2. The zero-order valence-corrected chi connectivity index (χ0v) is 13.5. The van der Waals surface area contributed by atoms with Gasteiger partial charge in [-0.05, 0) is 25.6 Å². The average molecular weight is 301 g/mol. The summed E-state index contributed by atoms with van der Waals surface area (Å²) >= 11 is 0. The van der Waals surface area contributed by atoms with Gasteiger partial charge >= 0.3 is 0 Å². The number of hydrogen-bond donors (Lipinski definition) is 1. The van der Waals surface area contributed by atoms with Crippen LogP contribution in [0.15, 0.2) is 18.2 Å². The van der Waals surface area contributed by atoms with Crippen LogP contribution in [-0.2, 0) is 13.0 Å². The number of methoxy groups -OCH3 is 1. The number of H-pyrrole nitrogens is 1. The van der Waals surface area contributed by atoms with Gasteiger partial charge in [0.05, 0.1) is 13.7 Å². The lowest BCUT2D eigenvalue weighted by molar-refractivity contribution is 0.267. The molecule has 1 aliphatic rings. The van der Waals surface area contributed by atoms with Crippen molar-refractivity contribution in [2.45, 2.75) is 26.8 Å². The highest BCUT2D eigenvalue weighted by Gasteiger charge is 2.24. The first kappa shape index (κ1) is 14.9. The molecule has 1 aromatic carbocycles. The lowest BCUT2D eigenvalue weighted by atomic mass is 10.00. The maximum atomic E-state index is 5.83. The number of nitrogens with one attached hydrogen (secondary N) is 1. The largest absolute Gasteiger partial charge is 0.493 e. The monoisotopic (exact) mass is 301 g/mol. The van der Waals surface area contributed by atoms with E-state index in [1.54, 1.807) is 7.11 Å². The number of hydrogen-bond acceptors (Lipinski definition) is 4. The molecule has 2 heterocycles. The molecule has 0 bridgehead atoms. The molecule has 0 saturated heterocycles. The van der Waals surface area contributed by atoms with Crippen LogP contribution in [0.5, 0.6) is 11.5 Å². The summed E-state index contributed by atoms with van der Waals surface area (Å²) in [6.45, 7) is 7.85.